The Morgan fingerprint density at radius 1 is 1.85 bits per heavy atom. The molecule has 1 unspecified atom stereocenters. The van der Waals surface area contributed by atoms with Crippen LogP contribution in [-0.4, -0.2) is 25.8 Å². The van der Waals surface area contributed by atoms with Crippen LogP contribution in [0.1, 0.15) is 13.3 Å². The van der Waals surface area contributed by atoms with Gasteiger partial charge in [0.15, 0.2) is 0 Å². The van der Waals surface area contributed by atoms with Crippen LogP contribution in [0.2, 0.25) is 0 Å². The average Bonchev–Trinajstić information content (AvgIpc) is 2.52. The van der Waals surface area contributed by atoms with Gasteiger partial charge in [0.2, 0.25) is 0 Å². The van der Waals surface area contributed by atoms with Gasteiger partial charge >= 0.3 is 5.97 Å². The van der Waals surface area contributed by atoms with Crippen LogP contribution in [-0.2, 0) is 14.3 Å². The van der Waals surface area contributed by atoms with Crippen molar-refractivity contribution in [2.45, 2.75) is 13.3 Å². The van der Waals surface area contributed by atoms with Crippen molar-refractivity contribution in [2.24, 2.45) is 5.92 Å². The van der Waals surface area contributed by atoms with Gasteiger partial charge in [-0.3, -0.25) is 4.79 Å². The summed E-state index contributed by atoms with van der Waals surface area (Å²) < 4.78 is 10.1. The van der Waals surface area contributed by atoms with Crippen LogP contribution in [0.5, 0.6) is 0 Å². The van der Waals surface area contributed by atoms with Gasteiger partial charge in [-0.1, -0.05) is 15.9 Å². The van der Waals surface area contributed by atoms with Gasteiger partial charge in [-0.05, 0) is 17.5 Å². The molecule has 3 nitrogen and oxygen atoms in total. The quantitative estimate of drug-likeness (QED) is 0.716. The van der Waals surface area contributed by atoms with Crippen molar-refractivity contribution in [2.75, 3.05) is 19.8 Å². The highest BCUT2D eigenvalue weighted by molar-refractivity contribution is 9.11. The molecular weight excluding hydrogens is 236 g/mol. The maximum Gasteiger partial charge on any atom is 0.306 e. The Balaban J connectivity index is 2.40. The Morgan fingerprint density at radius 3 is 3.23 bits per heavy atom. The van der Waals surface area contributed by atoms with Crippen LogP contribution in [0, 0.1) is 5.92 Å². The molecule has 1 heterocycles. The van der Waals surface area contributed by atoms with Crippen molar-refractivity contribution in [3.63, 3.8) is 0 Å². The number of rotatable bonds is 3. The van der Waals surface area contributed by atoms with Gasteiger partial charge in [0, 0.05) is 5.92 Å². The van der Waals surface area contributed by atoms with Crippen molar-refractivity contribution in [3.05, 3.63) is 10.6 Å². The normalized spacial score (nSPS) is 25.1. The lowest BCUT2D eigenvalue weighted by atomic mass is 10.0. The molecule has 1 fully saturated rings. The molecule has 1 rings (SSSR count). The van der Waals surface area contributed by atoms with Crippen molar-refractivity contribution in [1.29, 1.82) is 0 Å². The number of ether oxygens (including phenoxy) is 2. The summed E-state index contributed by atoms with van der Waals surface area (Å²) in [7, 11) is 0. The van der Waals surface area contributed by atoms with E-state index >= 15 is 0 Å². The monoisotopic (exact) mass is 248 g/mol. The highest BCUT2D eigenvalue weighted by Crippen LogP contribution is 2.24. The smallest absolute Gasteiger partial charge is 0.306 e. The lowest BCUT2D eigenvalue weighted by Gasteiger charge is -2.07. The molecule has 0 aliphatic carbocycles. The first-order valence-electron chi connectivity index (χ1n) is 4.30. The van der Waals surface area contributed by atoms with Crippen LogP contribution in [0.25, 0.3) is 0 Å². The standard InChI is InChI=1S/C9H13BrO3/c1-2-13-9(11)3-7-5-12-6-8(7)4-10/h4,7H,2-3,5-6H2,1H3/b8-4-. The Hall–Kier alpha value is -0.350. The molecule has 1 aliphatic rings. The highest BCUT2D eigenvalue weighted by Gasteiger charge is 2.24. The molecule has 1 saturated heterocycles. The van der Waals surface area contributed by atoms with Gasteiger partial charge in [0.05, 0.1) is 26.2 Å². The summed E-state index contributed by atoms with van der Waals surface area (Å²) in [6.45, 7) is 3.50. The van der Waals surface area contributed by atoms with Crippen molar-refractivity contribution in [3.8, 4) is 0 Å². The molecule has 4 heteroatoms. The van der Waals surface area contributed by atoms with E-state index in [-0.39, 0.29) is 11.9 Å². The van der Waals surface area contributed by atoms with Gasteiger partial charge in [0.1, 0.15) is 0 Å². The number of esters is 1. The molecule has 0 aromatic heterocycles. The maximum atomic E-state index is 11.1. The molecule has 0 N–H and O–H groups in total. The summed E-state index contributed by atoms with van der Waals surface area (Å²) in [5.41, 5.74) is 1.13. The first kappa shape index (κ1) is 10.7. The first-order valence-corrected chi connectivity index (χ1v) is 5.22. The fourth-order valence-corrected chi connectivity index (χ4v) is 1.78. The summed E-state index contributed by atoms with van der Waals surface area (Å²) in [4.78, 5) is 13.0. The minimum atomic E-state index is -0.148. The predicted octanol–water partition coefficient (Wildman–Crippen LogP) is 1.86. The minimum absolute atomic E-state index is 0.148. The summed E-state index contributed by atoms with van der Waals surface area (Å²) in [6.07, 6.45) is 0.422. The van der Waals surface area contributed by atoms with Gasteiger partial charge in [-0.25, -0.2) is 0 Å². The third-order valence-electron chi connectivity index (χ3n) is 1.97. The predicted molar refractivity (Wildman–Crippen MR) is 52.6 cm³/mol. The fraction of sp³-hybridized carbons (Fsp3) is 0.667. The zero-order valence-electron chi connectivity index (χ0n) is 7.59. The van der Waals surface area contributed by atoms with Crippen molar-refractivity contribution >= 4 is 21.9 Å². The second-order valence-electron chi connectivity index (χ2n) is 2.91. The van der Waals surface area contributed by atoms with E-state index in [4.69, 9.17) is 9.47 Å². The molecule has 0 bridgehead atoms. The summed E-state index contributed by atoms with van der Waals surface area (Å²) in [6, 6.07) is 0. The van der Waals surface area contributed by atoms with E-state index in [2.05, 4.69) is 15.9 Å². The molecule has 0 amide bonds. The zero-order valence-corrected chi connectivity index (χ0v) is 9.17. The molecule has 0 aromatic carbocycles. The van der Waals surface area contributed by atoms with E-state index < -0.39 is 0 Å². The SMILES string of the molecule is CCOC(=O)CC1COC/C1=C/Br. The van der Waals surface area contributed by atoms with Crippen LogP contribution in [0.15, 0.2) is 10.6 Å². The van der Waals surface area contributed by atoms with Gasteiger partial charge < -0.3 is 9.47 Å². The number of carbonyl (C=O) groups is 1. The first-order chi connectivity index (χ1) is 6.27. The number of halogens is 1. The summed E-state index contributed by atoms with van der Waals surface area (Å²) in [5.74, 6) is 0.0447. The van der Waals surface area contributed by atoms with Crippen molar-refractivity contribution < 1.29 is 14.3 Å². The lowest BCUT2D eigenvalue weighted by Crippen LogP contribution is -2.12. The molecule has 1 aliphatic heterocycles. The van der Waals surface area contributed by atoms with Crippen LogP contribution in [0.4, 0.5) is 0 Å². The zero-order chi connectivity index (χ0) is 9.68. The molecule has 0 saturated carbocycles. The molecule has 0 aromatic rings. The second-order valence-corrected chi connectivity index (χ2v) is 3.36. The van der Waals surface area contributed by atoms with Gasteiger partial charge in [-0.15, -0.1) is 0 Å². The van der Waals surface area contributed by atoms with Gasteiger partial charge in [0.25, 0.3) is 0 Å². The van der Waals surface area contributed by atoms with E-state index in [1.165, 1.54) is 0 Å². The molecule has 0 radical (unpaired) electrons. The second kappa shape index (κ2) is 5.40. The van der Waals surface area contributed by atoms with Gasteiger partial charge in [-0.2, -0.15) is 0 Å². The van der Waals surface area contributed by atoms with E-state index in [9.17, 15) is 4.79 Å². The van der Waals surface area contributed by atoms with Crippen LogP contribution in [0.3, 0.4) is 0 Å². The minimum Gasteiger partial charge on any atom is -0.466 e. The topological polar surface area (TPSA) is 35.5 Å². The molecule has 13 heavy (non-hydrogen) atoms. The highest BCUT2D eigenvalue weighted by atomic mass is 79.9. The van der Waals surface area contributed by atoms with Crippen molar-refractivity contribution in [1.82, 2.24) is 0 Å². The van der Waals surface area contributed by atoms with E-state index in [1.807, 2.05) is 11.9 Å². The molecule has 0 spiro atoms. The molecular formula is C9H13BrO3. The summed E-state index contributed by atoms with van der Waals surface area (Å²) >= 11 is 3.25. The largest absolute Gasteiger partial charge is 0.466 e. The Kier molecular flexibility index (Phi) is 4.45. The number of hydrogen-bond donors (Lipinski definition) is 0. The molecule has 1 atom stereocenters. The average molecular weight is 249 g/mol. The van der Waals surface area contributed by atoms with E-state index in [1.54, 1.807) is 0 Å². The third-order valence-corrected chi connectivity index (χ3v) is 2.56. The Morgan fingerprint density at radius 2 is 2.62 bits per heavy atom. The molecule has 74 valence electrons. The number of hydrogen-bond acceptors (Lipinski definition) is 3. The fourth-order valence-electron chi connectivity index (χ4n) is 1.28. The van der Waals surface area contributed by atoms with E-state index in [0.29, 0.717) is 26.2 Å². The Labute approximate surface area is 86.2 Å². The Bertz CT molecular complexity index is 213. The number of carbonyl (C=O) groups excluding carboxylic acids is 1. The van der Waals surface area contributed by atoms with Crippen LogP contribution >= 0.6 is 15.9 Å². The summed E-state index contributed by atoms with van der Waals surface area (Å²) in [5, 5.41) is 0. The van der Waals surface area contributed by atoms with E-state index in [0.717, 1.165) is 5.57 Å². The maximum absolute atomic E-state index is 11.1. The lowest BCUT2D eigenvalue weighted by molar-refractivity contribution is -0.144. The van der Waals surface area contributed by atoms with Crippen LogP contribution < -0.4 is 0 Å². The third kappa shape index (κ3) is 3.12.